The lowest BCUT2D eigenvalue weighted by Crippen LogP contribution is -2.45. The van der Waals surface area contributed by atoms with Gasteiger partial charge in [0.05, 0.1) is 0 Å². The first-order valence-corrected chi connectivity index (χ1v) is 8.80. The summed E-state index contributed by atoms with van der Waals surface area (Å²) in [6, 6.07) is 12.4. The minimum absolute atomic E-state index is 0.509. The molecule has 1 fully saturated rings. The fourth-order valence-electron chi connectivity index (χ4n) is 3.21. The molecule has 4 heteroatoms. The van der Waals surface area contributed by atoms with Crippen LogP contribution in [0.4, 0.5) is 0 Å². The average Bonchev–Trinajstić information content (AvgIpc) is 3.29. The molecule has 0 heterocycles. The highest BCUT2D eigenvalue weighted by Gasteiger charge is 2.38. The van der Waals surface area contributed by atoms with Gasteiger partial charge in [0, 0.05) is 44.2 Å². The van der Waals surface area contributed by atoms with Crippen LogP contribution in [0.25, 0.3) is 0 Å². The van der Waals surface area contributed by atoms with Crippen molar-refractivity contribution in [1.82, 2.24) is 15.5 Å². The van der Waals surface area contributed by atoms with Gasteiger partial charge in [-0.05, 0) is 39.7 Å². The van der Waals surface area contributed by atoms with Crippen LogP contribution in [0.15, 0.2) is 35.3 Å². The molecule has 0 amide bonds. The van der Waals surface area contributed by atoms with Crippen LogP contribution in [0.5, 0.6) is 0 Å². The Morgan fingerprint density at radius 3 is 2.39 bits per heavy atom. The molecular formula is C19H32N4. The van der Waals surface area contributed by atoms with Crippen LogP contribution in [0.2, 0.25) is 0 Å². The molecule has 1 aromatic rings. The molecule has 23 heavy (non-hydrogen) atoms. The van der Waals surface area contributed by atoms with Gasteiger partial charge in [-0.1, -0.05) is 30.3 Å². The lowest BCUT2D eigenvalue weighted by atomic mass is 10.1. The molecule has 2 unspecified atom stereocenters. The van der Waals surface area contributed by atoms with Gasteiger partial charge in [-0.25, -0.2) is 0 Å². The van der Waals surface area contributed by atoms with E-state index >= 15 is 0 Å². The first-order valence-electron chi connectivity index (χ1n) is 8.80. The maximum absolute atomic E-state index is 4.36. The first kappa shape index (κ1) is 17.8. The average molecular weight is 316 g/mol. The molecule has 0 spiro atoms. The topological polar surface area (TPSA) is 39.7 Å². The van der Waals surface area contributed by atoms with Crippen molar-refractivity contribution in [2.45, 2.75) is 58.2 Å². The summed E-state index contributed by atoms with van der Waals surface area (Å²) >= 11 is 0. The van der Waals surface area contributed by atoms with Gasteiger partial charge < -0.3 is 10.6 Å². The second-order valence-corrected chi connectivity index (χ2v) is 6.93. The standard InChI is InChI=1S/C19H32N4/c1-14(2)23(15(3)4)12-11-21-19(20-5)22-18-13-17(18)16-9-7-6-8-10-16/h6-10,14-15,17-18H,11-13H2,1-5H3,(H2,20,21,22). The molecule has 1 aliphatic carbocycles. The minimum atomic E-state index is 0.509. The molecule has 0 aliphatic heterocycles. The van der Waals surface area contributed by atoms with Crippen molar-refractivity contribution in [3.05, 3.63) is 35.9 Å². The number of guanidine groups is 1. The Bertz CT molecular complexity index is 487. The zero-order valence-corrected chi connectivity index (χ0v) is 15.2. The predicted octanol–water partition coefficient (Wildman–Crippen LogP) is 2.83. The fraction of sp³-hybridized carbons (Fsp3) is 0.632. The highest BCUT2D eigenvalue weighted by Crippen LogP contribution is 2.40. The molecule has 0 radical (unpaired) electrons. The molecule has 4 nitrogen and oxygen atoms in total. The molecule has 1 aromatic carbocycles. The summed E-state index contributed by atoms with van der Waals surface area (Å²) in [5.41, 5.74) is 1.42. The fourth-order valence-corrected chi connectivity index (χ4v) is 3.21. The highest BCUT2D eigenvalue weighted by atomic mass is 15.2. The molecule has 0 bridgehead atoms. The molecule has 2 rings (SSSR count). The Balaban J connectivity index is 1.75. The second-order valence-electron chi connectivity index (χ2n) is 6.93. The summed E-state index contributed by atoms with van der Waals surface area (Å²) in [7, 11) is 1.85. The van der Waals surface area contributed by atoms with E-state index in [1.54, 1.807) is 0 Å². The first-order chi connectivity index (χ1) is 11.0. The molecule has 0 saturated heterocycles. The monoisotopic (exact) mass is 316 g/mol. The van der Waals surface area contributed by atoms with Crippen LogP contribution in [-0.4, -0.2) is 49.1 Å². The van der Waals surface area contributed by atoms with Crippen LogP contribution in [0.1, 0.15) is 45.6 Å². The normalized spacial score (nSPS) is 21.1. The summed E-state index contributed by atoms with van der Waals surface area (Å²) in [5.74, 6) is 1.54. The van der Waals surface area contributed by atoms with Gasteiger partial charge in [-0.15, -0.1) is 0 Å². The number of nitrogens with one attached hydrogen (secondary N) is 2. The molecule has 128 valence electrons. The van der Waals surface area contributed by atoms with E-state index in [4.69, 9.17) is 0 Å². The SMILES string of the molecule is CN=C(NCCN(C(C)C)C(C)C)NC1CC1c1ccccc1. The van der Waals surface area contributed by atoms with E-state index in [0.717, 1.165) is 19.0 Å². The Morgan fingerprint density at radius 2 is 1.83 bits per heavy atom. The van der Waals surface area contributed by atoms with Gasteiger partial charge in [-0.3, -0.25) is 9.89 Å². The van der Waals surface area contributed by atoms with E-state index in [1.807, 2.05) is 7.05 Å². The van der Waals surface area contributed by atoms with Gasteiger partial charge in [0.1, 0.15) is 0 Å². The number of hydrogen-bond acceptors (Lipinski definition) is 2. The third kappa shape index (κ3) is 5.24. The summed E-state index contributed by atoms with van der Waals surface area (Å²) in [5, 5.41) is 6.99. The summed E-state index contributed by atoms with van der Waals surface area (Å²) in [4.78, 5) is 6.85. The van der Waals surface area contributed by atoms with Gasteiger partial charge in [0.15, 0.2) is 5.96 Å². The van der Waals surface area contributed by atoms with Gasteiger partial charge in [0.25, 0.3) is 0 Å². The van der Waals surface area contributed by atoms with Crippen molar-refractivity contribution in [3.8, 4) is 0 Å². The van der Waals surface area contributed by atoms with Gasteiger partial charge >= 0.3 is 0 Å². The Hall–Kier alpha value is -1.55. The van der Waals surface area contributed by atoms with Crippen molar-refractivity contribution in [3.63, 3.8) is 0 Å². The molecule has 2 atom stereocenters. The zero-order chi connectivity index (χ0) is 16.8. The Labute approximate surface area is 141 Å². The van der Waals surface area contributed by atoms with Crippen LogP contribution in [-0.2, 0) is 0 Å². The molecular weight excluding hydrogens is 284 g/mol. The largest absolute Gasteiger partial charge is 0.355 e. The third-order valence-electron chi connectivity index (χ3n) is 4.55. The van der Waals surface area contributed by atoms with Crippen molar-refractivity contribution in [2.24, 2.45) is 4.99 Å². The second kappa shape index (κ2) is 8.34. The maximum Gasteiger partial charge on any atom is 0.191 e. The van der Waals surface area contributed by atoms with E-state index in [1.165, 1.54) is 12.0 Å². The van der Waals surface area contributed by atoms with Crippen LogP contribution < -0.4 is 10.6 Å². The van der Waals surface area contributed by atoms with Gasteiger partial charge in [-0.2, -0.15) is 0 Å². The van der Waals surface area contributed by atoms with E-state index in [-0.39, 0.29) is 0 Å². The lowest BCUT2D eigenvalue weighted by Gasteiger charge is -2.30. The lowest BCUT2D eigenvalue weighted by molar-refractivity contribution is 0.178. The van der Waals surface area contributed by atoms with E-state index in [9.17, 15) is 0 Å². The molecule has 1 saturated carbocycles. The highest BCUT2D eigenvalue weighted by molar-refractivity contribution is 5.80. The van der Waals surface area contributed by atoms with E-state index in [2.05, 4.69) is 78.6 Å². The number of benzene rings is 1. The third-order valence-corrected chi connectivity index (χ3v) is 4.55. The van der Waals surface area contributed by atoms with Crippen LogP contribution in [0.3, 0.4) is 0 Å². The Morgan fingerprint density at radius 1 is 1.17 bits per heavy atom. The smallest absolute Gasteiger partial charge is 0.191 e. The van der Waals surface area contributed by atoms with E-state index in [0.29, 0.717) is 24.0 Å². The van der Waals surface area contributed by atoms with Crippen molar-refractivity contribution >= 4 is 5.96 Å². The quantitative estimate of drug-likeness (QED) is 0.600. The predicted molar refractivity (Wildman–Crippen MR) is 99.1 cm³/mol. The van der Waals surface area contributed by atoms with Crippen LogP contribution >= 0.6 is 0 Å². The number of nitrogens with zero attached hydrogens (tertiary/aromatic N) is 2. The molecule has 1 aliphatic rings. The van der Waals surface area contributed by atoms with Crippen LogP contribution in [0, 0.1) is 0 Å². The molecule has 2 N–H and O–H groups in total. The summed E-state index contributed by atoms with van der Waals surface area (Å²) in [6.07, 6.45) is 1.19. The van der Waals surface area contributed by atoms with Crippen molar-refractivity contribution in [2.75, 3.05) is 20.1 Å². The van der Waals surface area contributed by atoms with E-state index < -0.39 is 0 Å². The Kier molecular flexibility index (Phi) is 6.46. The van der Waals surface area contributed by atoms with Gasteiger partial charge in [0.2, 0.25) is 0 Å². The van der Waals surface area contributed by atoms with Crippen molar-refractivity contribution < 1.29 is 0 Å². The number of rotatable bonds is 7. The summed E-state index contributed by atoms with van der Waals surface area (Å²) in [6.45, 7) is 11.0. The maximum atomic E-state index is 4.36. The minimum Gasteiger partial charge on any atom is -0.355 e. The molecule has 0 aromatic heterocycles. The summed E-state index contributed by atoms with van der Waals surface area (Å²) < 4.78 is 0. The zero-order valence-electron chi connectivity index (χ0n) is 15.2. The number of aliphatic imine (C=N–C) groups is 1. The van der Waals surface area contributed by atoms with Crippen molar-refractivity contribution in [1.29, 1.82) is 0 Å². The number of hydrogen-bond donors (Lipinski definition) is 2.